The number of hydrogen-bond acceptors (Lipinski definition) is 3. The lowest BCUT2D eigenvalue weighted by molar-refractivity contribution is 0.0996. The minimum atomic E-state index is -0.534. The molecular weight excluding hydrogens is 292 g/mol. The van der Waals surface area contributed by atoms with Gasteiger partial charge in [-0.2, -0.15) is 0 Å². The Kier molecular flexibility index (Phi) is 5.36. The Bertz CT molecular complexity index is 694. The number of rotatable bonds is 6. The largest absolute Gasteiger partial charge is 0.493 e. The van der Waals surface area contributed by atoms with Crippen molar-refractivity contribution < 1.29 is 14.3 Å². The maximum Gasteiger partial charge on any atom is 0.255 e. The summed E-state index contributed by atoms with van der Waals surface area (Å²) in [6, 6.07) is 13.4. The molecule has 5 heteroatoms. The van der Waals surface area contributed by atoms with Gasteiger partial charge in [0.1, 0.15) is 5.75 Å². The van der Waals surface area contributed by atoms with Crippen molar-refractivity contribution in [2.24, 2.45) is 11.7 Å². The van der Waals surface area contributed by atoms with Crippen LogP contribution in [0.5, 0.6) is 5.75 Å². The number of carbonyl (C=O) groups is 2. The van der Waals surface area contributed by atoms with Crippen LogP contribution in [0.3, 0.4) is 0 Å². The SMILES string of the molecule is CC(C)COc1ccc(C(=O)Nc2cccc(C(N)=O)c2)cc1. The number of ether oxygens (including phenoxy) is 1. The molecule has 0 bridgehead atoms. The van der Waals surface area contributed by atoms with Crippen molar-refractivity contribution in [1.29, 1.82) is 0 Å². The summed E-state index contributed by atoms with van der Waals surface area (Å²) in [7, 11) is 0. The van der Waals surface area contributed by atoms with E-state index >= 15 is 0 Å². The van der Waals surface area contributed by atoms with Gasteiger partial charge in [0, 0.05) is 16.8 Å². The van der Waals surface area contributed by atoms with Gasteiger partial charge in [0.2, 0.25) is 5.91 Å². The molecule has 23 heavy (non-hydrogen) atoms. The van der Waals surface area contributed by atoms with Gasteiger partial charge in [0.25, 0.3) is 5.91 Å². The Hall–Kier alpha value is -2.82. The summed E-state index contributed by atoms with van der Waals surface area (Å²) in [5.41, 5.74) is 6.60. The molecule has 2 rings (SSSR count). The maximum atomic E-state index is 12.2. The summed E-state index contributed by atoms with van der Waals surface area (Å²) in [5.74, 6) is 0.372. The molecule has 0 aliphatic heterocycles. The third kappa shape index (κ3) is 4.85. The predicted molar refractivity (Wildman–Crippen MR) is 89.7 cm³/mol. The lowest BCUT2D eigenvalue weighted by Crippen LogP contribution is -2.14. The van der Waals surface area contributed by atoms with Crippen molar-refractivity contribution in [2.75, 3.05) is 11.9 Å². The van der Waals surface area contributed by atoms with Gasteiger partial charge >= 0.3 is 0 Å². The monoisotopic (exact) mass is 312 g/mol. The molecule has 3 N–H and O–H groups in total. The number of anilines is 1. The van der Waals surface area contributed by atoms with Gasteiger partial charge in [0.15, 0.2) is 0 Å². The molecule has 2 aromatic rings. The average molecular weight is 312 g/mol. The van der Waals surface area contributed by atoms with E-state index in [9.17, 15) is 9.59 Å². The highest BCUT2D eigenvalue weighted by Gasteiger charge is 2.08. The normalized spacial score (nSPS) is 10.4. The highest BCUT2D eigenvalue weighted by Crippen LogP contribution is 2.16. The summed E-state index contributed by atoms with van der Waals surface area (Å²) in [4.78, 5) is 23.4. The second-order valence-electron chi connectivity index (χ2n) is 5.63. The van der Waals surface area contributed by atoms with Gasteiger partial charge < -0.3 is 15.8 Å². The van der Waals surface area contributed by atoms with E-state index in [1.165, 1.54) is 0 Å². The predicted octanol–water partition coefficient (Wildman–Crippen LogP) is 3.07. The Labute approximate surface area is 135 Å². The van der Waals surface area contributed by atoms with Crippen molar-refractivity contribution >= 4 is 17.5 Å². The average Bonchev–Trinajstić information content (AvgIpc) is 2.53. The van der Waals surface area contributed by atoms with Crippen LogP contribution >= 0.6 is 0 Å². The zero-order valence-electron chi connectivity index (χ0n) is 13.2. The zero-order chi connectivity index (χ0) is 16.8. The van der Waals surface area contributed by atoms with Crippen molar-refractivity contribution in [3.8, 4) is 5.75 Å². The van der Waals surface area contributed by atoms with Crippen molar-refractivity contribution in [3.63, 3.8) is 0 Å². The molecule has 0 spiro atoms. The van der Waals surface area contributed by atoms with Gasteiger partial charge in [-0.1, -0.05) is 19.9 Å². The molecule has 2 amide bonds. The van der Waals surface area contributed by atoms with Crippen molar-refractivity contribution in [3.05, 3.63) is 59.7 Å². The Morgan fingerprint density at radius 2 is 1.78 bits per heavy atom. The van der Waals surface area contributed by atoms with E-state index in [0.717, 1.165) is 5.75 Å². The third-order valence-corrected chi connectivity index (χ3v) is 3.10. The smallest absolute Gasteiger partial charge is 0.255 e. The number of nitrogens with one attached hydrogen (secondary N) is 1. The van der Waals surface area contributed by atoms with E-state index in [1.54, 1.807) is 48.5 Å². The molecule has 0 radical (unpaired) electrons. The first-order valence-corrected chi connectivity index (χ1v) is 7.40. The van der Waals surface area contributed by atoms with Gasteiger partial charge in [-0.15, -0.1) is 0 Å². The zero-order valence-corrected chi connectivity index (χ0v) is 13.2. The Balaban J connectivity index is 2.03. The molecule has 0 heterocycles. The fourth-order valence-electron chi connectivity index (χ4n) is 1.92. The highest BCUT2D eigenvalue weighted by atomic mass is 16.5. The third-order valence-electron chi connectivity index (χ3n) is 3.10. The van der Waals surface area contributed by atoms with Crippen LogP contribution in [0.15, 0.2) is 48.5 Å². The van der Waals surface area contributed by atoms with E-state index in [4.69, 9.17) is 10.5 Å². The standard InChI is InChI=1S/C18H20N2O3/c1-12(2)11-23-16-8-6-13(7-9-16)18(22)20-15-5-3-4-14(10-15)17(19)21/h3-10,12H,11H2,1-2H3,(H2,19,21)(H,20,22). The topological polar surface area (TPSA) is 81.4 Å². The van der Waals surface area contributed by atoms with Crippen molar-refractivity contribution in [1.82, 2.24) is 0 Å². The number of nitrogens with two attached hydrogens (primary N) is 1. The number of primary amides is 1. The second-order valence-corrected chi connectivity index (χ2v) is 5.63. The van der Waals surface area contributed by atoms with E-state index in [1.807, 2.05) is 0 Å². The van der Waals surface area contributed by atoms with Gasteiger partial charge in [-0.25, -0.2) is 0 Å². The summed E-state index contributed by atoms with van der Waals surface area (Å²) in [6.45, 7) is 4.77. The van der Waals surface area contributed by atoms with Gasteiger partial charge in [-0.3, -0.25) is 9.59 Å². The molecule has 0 unspecified atom stereocenters. The first-order chi connectivity index (χ1) is 11.0. The number of carbonyl (C=O) groups excluding carboxylic acids is 2. The lowest BCUT2D eigenvalue weighted by atomic mass is 10.1. The second kappa shape index (κ2) is 7.45. The lowest BCUT2D eigenvalue weighted by Gasteiger charge is -2.10. The molecule has 0 fully saturated rings. The minimum absolute atomic E-state index is 0.262. The molecule has 5 nitrogen and oxygen atoms in total. The van der Waals surface area contributed by atoms with E-state index in [2.05, 4.69) is 19.2 Å². The quantitative estimate of drug-likeness (QED) is 0.860. The number of hydrogen-bond donors (Lipinski definition) is 2. The summed E-state index contributed by atoms with van der Waals surface area (Å²) < 4.78 is 5.58. The van der Waals surface area contributed by atoms with Crippen LogP contribution in [-0.2, 0) is 0 Å². The van der Waals surface area contributed by atoms with Gasteiger partial charge in [-0.05, 0) is 48.4 Å². The molecule has 0 atom stereocenters. The summed E-state index contributed by atoms with van der Waals surface area (Å²) in [6.07, 6.45) is 0. The Morgan fingerprint density at radius 1 is 1.09 bits per heavy atom. The van der Waals surface area contributed by atoms with Crippen molar-refractivity contribution in [2.45, 2.75) is 13.8 Å². The number of amides is 2. The van der Waals surface area contributed by atoms with Crippen LogP contribution in [0, 0.1) is 5.92 Å². The molecular formula is C18H20N2O3. The van der Waals surface area contributed by atoms with Crippen LogP contribution in [0.1, 0.15) is 34.6 Å². The van der Waals surface area contributed by atoms with E-state index < -0.39 is 5.91 Å². The first-order valence-electron chi connectivity index (χ1n) is 7.40. The van der Waals surface area contributed by atoms with Gasteiger partial charge in [0.05, 0.1) is 6.61 Å². The van der Waals surface area contributed by atoms with Crippen LogP contribution < -0.4 is 15.8 Å². The molecule has 120 valence electrons. The van der Waals surface area contributed by atoms with E-state index in [-0.39, 0.29) is 5.91 Å². The summed E-state index contributed by atoms with van der Waals surface area (Å²) >= 11 is 0. The Morgan fingerprint density at radius 3 is 2.39 bits per heavy atom. The van der Waals surface area contributed by atoms with Crippen LogP contribution in [0.25, 0.3) is 0 Å². The summed E-state index contributed by atoms with van der Waals surface area (Å²) in [5, 5.41) is 2.74. The molecule has 0 aliphatic rings. The van der Waals surface area contributed by atoms with Crippen LogP contribution in [-0.4, -0.2) is 18.4 Å². The molecule has 0 saturated heterocycles. The molecule has 0 aliphatic carbocycles. The fraction of sp³-hybridized carbons (Fsp3) is 0.222. The molecule has 0 aromatic heterocycles. The highest BCUT2D eigenvalue weighted by molar-refractivity contribution is 6.05. The molecule has 0 saturated carbocycles. The maximum absolute atomic E-state index is 12.2. The van der Waals surface area contributed by atoms with Crippen LogP contribution in [0.2, 0.25) is 0 Å². The van der Waals surface area contributed by atoms with Crippen LogP contribution in [0.4, 0.5) is 5.69 Å². The fourth-order valence-corrected chi connectivity index (χ4v) is 1.92. The minimum Gasteiger partial charge on any atom is -0.493 e. The number of benzene rings is 2. The van der Waals surface area contributed by atoms with E-state index in [0.29, 0.717) is 29.3 Å². The molecule has 2 aromatic carbocycles. The first kappa shape index (κ1) is 16.5.